The van der Waals surface area contributed by atoms with Crippen molar-refractivity contribution < 1.29 is 4.79 Å². The molecular formula is C14H18O. The van der Waals surface area contributed by atoms with Crippen LogP contribution in [0, 0.1) is 17.8 Å². The van der Waals surface area contributed by atoms with E-state index in [-0.39, 0.29) is 11.8 Å². The Balaban J connectivity index is 2.26. The monoisotopic (exact) mass is 202 g/mol. The van der Waals surface area contributed by atoms with Gasteiger partial charge in [0.05, 0.1) is 0 Å². The van der Waals surface area contributed by atoms with Crippen molar-refractivity contribution in [3.8, 4) is 0 Å². The number of Topliss-reactive ketones (excluding diaryl/α,β-unsaturated/α-hetero) is 1. The van der Waals surface area contributed by atoms with Crippen LogP contribution in [0.4, 0.5) is 0 Å². The van der Waals surface area contributed by atoms with Crippen LogP contribution in [-0.2, 0) is 4.79 Å². The summed E-state index contributed by atoms with van der Waals surface area (Å²) in [5.41, 5.74) is 1.32. The molecule has 1 nitrogen and oxygen atoms in total. The molecule has 1 aromatic rings. The van der Waals surface area contributed by atoms with Gasteiger partial charge in [-0.05, 0) is 11.5 Å². The lowest BCUT2D eigenvalue weighted by Crippen LogP contribution is -2.46. The van der Waals surface area contributed by atoms with Crippen molar-refractivity contribution in [3.05, 3.63) is 35.9 Å². The maximum absolute atomic E-state index is 11.8. The highest BCUT2D eigenvalue weighted by molar-refractivity contribution is 5.91. The Morgan fingerprint density at radius 1 is 1.13 bits per heavy atom. The molecule has 2 rings (SSSR count). The molecule has 1 aliphatic rings. The predicted octanol–water partition coefficient (Wildman–Crippen LogP) is 3.26. The van der Waals surface area contributed by atoms with Gasteiger partial charge < -0.3 is 0 Å². The minimum absolute atomic E-state index is 0.208. The van der Waals surface area contributed by atoms with Gasteiger partial charge in [-0.2, -0.15) is 0 Å². The van der Waals surface area contributed by atoms with Gasteiger partial charge in [0, 0.05) is 17.8 Å². The van der Waals surface area contributed by atoms with Crippen LogP contribution < -0.4 is 0 Å². The van der Waals surface area contributed by atoms with Crippen molar-refractivity contribution >= 4 is 5.78 Å². The summed E-state index contributed by atoms with van der Waals surface area (Å²) >= 11 is 0. The quantitative estimate of drug-likeness (QED) is 0.719. The van der Waals surface area contributed by atoms with E-state index in [9.17, 15) is 4.79 Å². The Bertz CT molecular complexity index is 353. The van der Waals surface area contributed by atoms with Crippen molar-refractivity contribution in [3.63, 3.8) is 0 Å². The van der Waals surface area contributed by atoms with E-state index in [0.29, 0.717) is 17.6 Å². The molecule has 1 aromatic carbocycles. The summed E-state index contributed by atoms with van der Waals surface area (Å²) < 4.78 is 0. The normalized spacial score (nSPS) is 30.4. The highest BCUT2D eigenvalue weighted by Gasteiger charge is 2.48. The molecule has 0 heterocycles. The molecule has 0 amide bonds. The molecular weight excluding hydrogens is 184 g/mol. The zero-order valence-electron chi connectivity index (χ0n) is 9.60. The Morgan fingerprint density at radius 3 is 2.27 bits per heavy atom. The van der Waals surface area contributed by atoms with Gasteiger partial charge in [-0.3, -0.25) is 4.79 Å². The molecule has 3 unspecified atom stereocenters. The summed E-state index contributed by atoms with van der Waals surface area (Å²) in [4.78, 5) is 11.8. The van der Waals surface area contributed by atoms with Crippen LogP contribution in [0.5, 0.6) is 0 Å². The summed E-state index contributed by atoms with van der Waals surface area (Å²) in [5.74, 6) is 1.79. The lowest BCUT2D eigenvalue weighted by molar-refractivity contribution is -0.139. The third-order valence-corrected chi connectivity index (χ3v) is 3.61. The lowest BCUT2D eigenvalue weighted by Gasteiger charge is -2.44. The first-order valence-electron chi connectivity index (χ1n) is 5.71. The SMILES string of the molecule is CC(C)C1C(=O)C(C)C1c1ccccc1. The summed E-state index contributed by atoms with van der Waals surface area (Å²) in [5, 5.41) is 0. The maximum Gasteiger partial charge on any atom is 0.140 e. The molecule has 1 fully saturated rings. The van der Waals surface area contributed by atoms with Crippen LogP contribution in [0.1, 0.15) is 32.3 Å². The molecule has 0 aromatic heterocycles. The van der Waals surface area contributed by atoms with Crippen molar-refractivity contribution in [2.75, 3.05) is 0 Å². The number of hydrogen-bond acceptors (Lipinski definition) is 1. The zero-order chi connectivity index (χ0) is 11.0. The number of benzene rings is 1. The number of ketones is 1. The summed E-state index contributed by atoms with van der Waals surface area (Å²) in [6.07, 6.45) is 0. The van der Waals surface area contributed by atoms with Crippen LogP contribution in [0.2, 0.25) is 0 Å². The first-order chi connectivity index (χ1) is 7.13. The van der Waals surface area contributed by atoms with Crippen LogP contribution in [-0.4, -0.2) is 5.78 Å². The van der Waals surface area contributed by atoms with E-state index in [1.807, 2.05) is 6.07 Å². The molecule has 0 radical (unpaired) electrons. The first kappa shape index (κ1) is 10.4. The van der Waals surface area contributed by atoms with E-state index >= 15 is 0 Å². The number of rotatable bonds is 2. The molecule has 1 aliphatic carbocycles. The minimum atomic E-state index is 0.208. The fourth-order valence-electron chi connectivity index (χ4n) is 2.76. The average Bonchev–Trinajstić information content (AvgIpc) is 2.25. The first-order valence-corrected chi connectivity index (χ1v) is 5.71. The van der Waals surface area contributed by atoms with Gasteiger partial charge in [-0.1, -0.05) is 51.1 Å². The third-order valence-electron chi connectivity index (χ3n) is 3.61. The van der Waals surface area contributed by atoms with Crippen LogP contribution in [0.15, 0.2) is 30.3 Å². The van der Waals surface area contributed by atoms with Crippen molar-refractivity contribution in [2.45, 2.75) is 26.7 Å². The Hall–Kier alpha value is -1.11. The number of carbonyl (C=O) groups is 1. The maximum atomic E-state index is 11.8. The molecule has 0 saturated heterocycles. The van der Waals surface area contributed by atoms with E-state index < -0.39 is 0 Å². The van der Waals surface area contributed by atoms with E-state index in [4.69, 9.17) is 0 Å². The lowest BCUT2D eigenvalue weighted by atomic mass is 9.58. The van der Waals surface area contributed by atoms with Crippen LogP contribution in [0.3, 0.4) is 0 Å². The summed E-state index contributed by atoms with van der Waals surface area (Å²) in [6, 6.07) is 10.4. The van der Waals surface area contributed by atoms with Gasteiger partial charge in [0.15, 0.2) is 0 Å². The standard InChI is InChI=1S/C14H18O/c1-9(2)12-13(10(3)14(12)15)11-7-5-4-6-8-11/h4-10,12-13H,1-3H3. The van der Waals surface area contributed by atoms with Gasteiger partial charge in [-0.25, -0.2) is 0 Å². The molecule has 80 valence electrons. The second kappa shape index (κ2) is 3.80. The Morgan fingerprint density at radius 2 is 1.73 bits per heavy atom. The molecule has 0 N–H and O–H groups in total. The highest BCUT2D eigenvalue weighted by Crippen LogP contribution is 2.47. The predicted molar refractivity (Wildman–Crippen MR) is 61.7 cm³/mol. The van der Waals surface area contributed by atoms with E-state index in [1.54, 1.807) is 0 Å². The van der Waals surface area contributed by atoms with Gasteiger partial charge in [0.2, 0.25) is 0 Å². The van der Waals surface area contributed by atoms with Crippen molar-refractivity contribution in [1.82, 2.24) is 0 Å². The van der Waals surface area contributed by atoms with E-state index in [0.717, 1.165) is 0 Å². The third kappa shape index (κ3) is 1.60. The van der Waals surface area contributed by atoms with Gasteiger partial charge in [0.1, 0.15) is 5.78 Å². The molecule has 0 spiro atoms. The highest BCUT2D eigenvalue weighted by atomic mass is 16.1. The molecule has 0 bridgehead atoms. The summed E-state index contributed by atoms with van der Waals surface area (Å²) in [6.45, 7) is 6.34. The van der Waals surface area contributed by atoms with Crippen LogP contribution in [0.25, 0.3) is 0 Å². The zero-order valence-corrected chi connectivity index (χ0v) is 9.60. The largest absolute Gasteiger partial charge is 0.299 e. The molecule has 15 heavy (non-hydrogen) atoms. The van der Waals surface area contributed by atoms with Crippen molar-refractivity contribution in [1.29, 1.82) is 0 Å². The van der Waals surface area contributed by atoms with Crippen molar-refractivity contribution in [2.24, 2.45) is 17.8 Å². The average molecular weight is 202 g/mol. The second-order valence-corrected chi connectivity index (χ2v) is 4.90. The molecule has 1 heteroatoms. The fraction of sp³-hybridized carbons (Fsp3) is 0.500. The van der Waals surface area contributed by atoms with Gasteiger partial charge in [-0.15, -0.1) is 0 Å². The van der Waals surface area contributed by atoms with Gasteiger partial charge in [0.25, 0.3) is 0 Å². The minimum Gasteiger partial charge on any atom is -0.299 e. The smallest absolute Gasteiger partial charge is 0.140 e. The van der Waals surface area contributed by atoms with E-state index in [2.05, 4.69) is 45.0 Å². The molecule has 3 atom stereocenters. The fourth-order valence-corrected chi connectivity index (χ4v) is 2.76. The topological polar surface area (TPSA) is 17.1 Å². The van der Waals surface area contributed by atoms with Crippen LogP contribution >= 0.6 is 0 Å². The number of hydrogen-bond donors (Lipinski definition) is 0. The van der Waals surface area contributed by atoms with E-state index in [1.165, 1.54) is 5.56 Å². The Labute approximate surface area is 91.5 Å². The molecule has 1 saturated carbocycles. The Kier molecular flexibility index (Phi) is 2.64. The number of carbonyl (C=O) groups excluding carboxylic acids is 1. The summed E-state index contributed by atoms with van der Waals surface area (Å²) in [7, 11) is 0. The van der Waals surface area contributed by atoms with Gasteiger partial charge >= 0.3 is 0 Å². The second-order valence-electron chi connectivity index (χ2n) is 4.90. The molecule has 0 aliphatic heterocycles.